The van der Waals surface area contributed by atoms with E-state index in [-0.39, 0.29) is 83.2 Å². The molecule has 2 unspecified atom stereocenters. The molecule has 0 bridgehead atoms. The molecule has 1 aliphatic rings. The van der Waals surface area contributed by atoms with Crippen LogP contribution in [-0.4, -0.2) is 88.4 Å². The first-order valence-electron chi connectivity index (χ1n) is 27.5. The third-order valence-corrected chi connectivity index (χ3v) is 17.3. The SMILES string of the molecule is [B]c1c([B])c([B])c(-c2cnc(-c3ccc(-c4cc(C(C)(C)C)ccc4C4CC(c5ccccc5Cl)CC(c5ccc(C(C)(C)C)cc5-c5ccc(-c6cc(C)c(-c7c([B])c([B])c([B])c([B])c7[B])cn6)cc5)C4)cc3)cc2C)c([B])c1[B]. The van der Waals surface area contributed by atoms with Crippen molar-refractivity contribution in [2.45, 2.75) is 103 Å². The Labute approximate surface area is 499 Å². The summed E-state index contributed by atoms with van der Waals surface area (Å²) in [4.78, 5) is 9.82. The molecule has 10 rings (SSSR count). The van der Waals surface area contributed by atoms with Gasteiger partial charge >= 0.3 is 0 Å². The van der Waals surface area contributed by atoms with Gasteiger partial charge in [0.25, 0.3) is 0 Å². The fourth-order valence-electron chi connectivity index (χ4n) is 12.0. The van der Waals surface area contributed by atoms with Gasteiger partial charge in [0.1, 0.15) is 78.5 Å². The Kier molecular flexibility index (Phi) is 16.1. The van der Waals surface area contributed by atoms with E-state index in [1.165, 1.54) is 38.9 Å². The van der Waals surface area contributed by atoms with Gasteiger partial charge in [-0.15, -0.1) is 32.8 Å². The molecule has 1 fully saturated rings. The number of halogens is 1. The number of pyridine rings is 2. The number of aryl methyl sites for hydroxylation is 2. The average Bonchev–Trinajstić information content (AvgIpc) is 3.48. The van der Waals surface area contributed by atoms with E-state index in [0.29, 0.717) is 11.1 Å². The van der Waals surface area contributed by atoms with E-state index < -0.39 is 0 Å². The predicted molar refractivity (Wildman–Crippen MR) is 355 cm³/mol. The number of benzene rings is 7. The van der Waals surface area contributed by atoms with Crippen LogP contribution in [0.25, 0.3) is 67.0 Å². The molecule has 9 aromatic rings. The molecule has 0 N–H and O–H groups in total. The highest BCUT2D eigenvalue weighted by Crippen LogP contribution is 2.53. The summed E-state index contributed by atoms with van der Waals surface area (Å²) >= 11 is 7.17. The van der Waals surface area contributed by atoms with Gasteiger partial charge in [0.2, 0.25) is 0 Å². The van der Waals surface area contributed by atoms with E-state index in [1.807, 2.05) is 38.1 Å². The van der Waals surface area contributed by atoms with Crippen LogP contribution in [0.1, 0.15) is 118 Å². The molecule has 2 heterocycles. The highest BCUT2D eigenvalue weighted by atomic mass is 35.5. The van der Waals surface area contributed by atoms with Crippen LogP contribution in [0, 0.1) is 13.8 Å². The van der Waals surface area contributed by atoms with Crippen LogP contribution in [-0.2, 0) is 10.8 Å². The molecule has 2 aromatic heterocycles. The second-order valence-corrected chi connectivity index (χ2v) is 24.6. The van der Waals surface area contributed by atoms with Crippen LogP contribution < -0.4 is 54.6 Å². The lowest BCUT2D eigenvalue weighted by Gasteiger charge is -2.38. The fraction of sp³-hybridized carbons (Fsp3) is 0.235. The summed E-state index contributed by atoms with van der Waals surface area (Å²) in [7, 11) is 63.2. The van der Waals surface area contributed by atoms with Crippen molar-refractivity contribution in [3.8, 4) is 67.0 Å². The molecule has 13 heteroatoms. The van der Waals surface area contributed by atoms with Gasteiger partial charge in [-0.3, -0.25) is 9.97 Å². The Morgan fingerprint density at radius 2 is 0.691 bits per heavy atom. The van der Waals surface area contributed by atoms with Gasteiger partial charge in [-0.1, -0.05) is 178 Å². The first-order valence-corrected chi connectivity index (χ1v) is 27.9. The highest BCUT2D eigenvalue weighted by Gasteiger charge is 2.36. The van der Waals surface area contributed by atoms with Crippen molar-refractivity contribution in [3.05, 3.63) is 178 Å². The third-order valence-electron chi connectivity index (χ3n) is 16.9. The minimum atomic E-state index is -0.0827. The molecule has 20 radical (unpaired) electrons. The standard InChI is InChI=1S/C68H55B10ClN2/c1-34-25-53(80-32-50(34)55-57(69)61(73)65(77)62(74)58(55)70)38-17-13-36(14-18-38)48-30-43(67(3,4)5)21-23-45(48)40-27-41(29-42(28-40)47-11-9-10-12-52(47)79)46-24-22-44(68(6,7)8)31-49(46)37-15-19-39(20-16-37)54-26-35(2)51(33-81-54)56-59(71)63(75)66(78)64(76)60(56)72/h9-26,30-33,40-42H,27-29H2,1-8H3. The molecule has 0 aliphatic heterocycles. The van der Waals surface area contributed by atoms with Crippen molar-refractivity contribution in [2.24, 2.45) is 0 Å². The topological polar surface area (TPSA) is 25.8 Å². The maximum absolute atomic E-state index is 7.17. The van der Waals surface area contributed by atoms with Crippen LogP contribution >= 0.6 is 11.6 Å². The lowest BCUT2D eigenvalue weighted by Crippen LogP contribution is -2.55. The van der Waals surface area contributed by atoms with Crippen molar-refractivity contribution >= 4 is 145 Å². The molecule has 2 nitrogen and oxygen atoms in total. The van der Waals surface area contributed by atoms with Crippen LogP contribution in [0.4, 0.5) is 0 Å². The minimum absolute atomic E-state index is 0.0827. The molecule has 1 saturated carbocycles. The molecular formula is C68H55B10ClN2. The van der Waals surface area contributed by atoms with Crippen molar-refractivity contribution in [1.29, 1.82) is 0 Å². The van der Waals surface area contributed by atoms with Crippen LogP contribution in [0.3, 0.4) is 0 Å². The fourth-order valence-corrected chi connectivity index (χ4v) is 12.3. The van der Waals surface area contributed by atoms with Gasteiger partial charge in [-0.2, -0.15) is 0 Å². The molecule has 2 atom stereocenters. The Morgan fingerprint density at radius 1 is 0.370 bits per heavy atom. The molecule has 1 aliphatic carbocycles. The van der Waals surface area contributed by atoms with E-state index in [2.05, 4.69) is 139 Å². The van der Waals surface area contributed by atoms with Crippen molar-refractivity contribution < 1.29 is 0 Å². The minimum Gasteiger partial charge on any atom is -0.256 e. The molecule has 374 valence electrons. The van der Waals surface area contributed by atoms with Gasteiger partial charge in [0.05, 0.1) is 11.4 Å². The quantitative estimate of drug-likeness (QED) is 0.144. The van der Waals surface area contributed by atoms with Gasteiger partial charge in [-0.25, -0.2) is 0 Å². The van der Waals surface area contributed by atoms with Crippen LogP contribution in [0.2, 0.25) is 5.02 Å². The van der Waals surface area contributed by atoms with E-state index >= 15 is 0 Å². The lowest BCUT2D eigenvalue weighted by atomic mass is 9.59. The molecule has 81 heavy (non-hydrogen) atoms. The Bertz CT molecular complexity index is 3650. The average molecular weight is 1040 g/mol. The number of nitrogens with zero attached hydrogens (tertiary/aromatic N) is 2. The number of aromatic nitrogens is 2. The first kappa shape index (κ1) is 58.0. The van der Waals surface area contributed by atoms with Crippen molar-refractivity contribution in [1.82, 2.24) is 9.97 Å². The molecular weight excluding hydrogens is 988 g/mol. The maximum Gasteiger partial charge on any atom is 0.113 e. The zero-order valence-electron chi connectivity index (χ0n) is 47.6. The number of hydrogen-bond donors (Lipinski definition) is 0. The van der Waals surface area contributed by atoms with Crippen molar-refractivity contribution in [3.63, 3.8) is 0 Å². The monoisotopic (exact) mass is 1040 g/mol. The second kappa shape index (κ2) is 22.5. The van der Waals surface area contributed by atoms with Crippen molar-refractivity contribution in [2.75, 3.05) is 0 Å². The Balaban J connectivity index is 1.03. The predicted octanol–water partition coefficient (Wildman–Crippen LogP) is 7.12. The summed E-state index contributed by atoms with van der Waals surface area (Å²) < 4.78 is 0. The molecule has 0 spiro atoms. The summed E-state index contributed by atoms with van der Waals surface area (Å²) in [6.07, 6.45) is 6.40. The number of hydrogen-bond acceptors (Lipinski definition) is 2. The maximum atomic E-state index is 7.17. The van der Waals surface area contributed by atoms with E-state index in [9.17, 15) is 0 Å². The van der Waals surface area contributed by atoms with E-state index in [1.54, 1.807) is 12.4 Å². The van der Waals surface area contributed by atoms with Crippen LogP contribution in [0.15, 0.2) is 134 Å². The Morgan fingerprint density at radius 3 is 1.02 bits per heavy atom. The van der Waals surface area contributed by atoms with Gasteiger partial charge < -0.3 is 0 Å². The molecule has 7 aromatic carbocycles. The summed E-state index contributed by atoms with van der Waals surface area (Å²) in [5.41, 5.74) is 21.2. The highest BCUT2D eigenvalue weighted by molar-refractivity contribution is 6.70. The lowest BCUT2D eigenvalue weighted by molar-refractivity contribution is 0.352. The van der Waals surface area contributed by atoms with Crippen LogP contribution in [0.5, 0.6) is 0 Å². The van der Waals surface area contributed by atoms with Gasteiger partial charge in [0, 0.05) is 39.7 Å². The zero-order valence-corrected chi connectivity index (χ0v) is 48.4. The molecule has 0 saturated heterocycles. The first-order chi connectivity index (χ1) is 38.3. The zero-order chi connectivity index (χ0) is 58.1. The summed E-state index contributed by atoms with van der Waals surface area (Å²) in [5, 5.41) is 0.802. The largest absolute Gasteiger partial charge is 0.256 e. The Hall–Kier alpha value is -6.22. The summed E-state index contributed by atoms with van der Waals surface area (Å²) in [6.45, 7) is 17.7. The summed E-state index contributed by atoms with van der Waals surface area (Å²) in [5.74, 6) is 0.595. The second-order valence-electron chi connectivity index (χ2n) is 24.2. The van der Waals surface area contributed by atoms with E-state index in [4.69, 9.17) is 100 Å². The molecule has 0 amide bonds. The van der Waals surface area contributed by atoms with Gasteiger partial charge in [0.15, 0.2) is 0 Å². The normalized spacial score (nSPS) is 15.7. The third kappa shape index (κ3) is 11.1. The van der Waals surface area contributed by atoms with Gasteiger partial charge in [-0.05, 0) is 152 Å². The summed E-state index contributed by atoms with van der Waals surface area (Å²) in [6, 6.07) is 44.3. The number of rotatable bonds is 9. The van der Waals surface area contributed by atoms with E-state index in [0.717, 1.165) is 80.2 Å². The smallest absolute Gasteiger partial charge is 0.113 e.